The number of pyridine rings is 1. The average Bonchev–Trinajstić information content (AvgIpc) is 3.64. The van der Waals surface area contributed by atoms with Crippen LogP contribution in [0.5, 0.6) is 0 Å². The number of nitrogens with zero attached hydrogens (tertiary/aromatic N) is 3. The van der Waals surface area contributed by atoms with Gasteiger partial charge in [-0.2, -0.15) is 0 Å². The molecule has 1 saturated heterocycles. The fourth-order valence-electron chi connectivity index (χ4n) is 5.20. The minimum absolute atomic E-state index is 0.0549. The molecule has 4 aromatic rings. The van der Waals surface area contributed by atoms with Crippen molar-refractivity contribution in [3.05, 3.63) is 65.5 Å². The molecule has 2 fully saturated rings. The third-order valence-electron chi connectivity index (χ3n) is 7.68. The van der Waals surface area contributed by atoms with E-state index in [1.165, 1.54) is 5.56 Å². The number of para-hydroxylation sites is 1. The molecule has 2 aliphatic rings. The van der Waals surface area contributed by atoms with Gasteiger partial charge in [-0.05, 0) is 43.4 Å². The van der Waals surface area contributed by atoms with Crippen molar-refractivity contribution in [3.8, 4) is 0 Å². The maximum atomic E-state index is 13.4. The monoisotopic (exact) mass is 550 g/mol. The Morgan fingerprint density at radius 2 is 1.90 bits per heavy atom. The van der Waals surface area contributed by atoms with Gasteiger partial charge in [0.25, 0.3) is 0 Å². The molecule has 0 amide bonds. The summed E-state index contributed by atoms with van der Waals surface area (Å²) in [6, 6.07) is 16.3. The molecule has 0 spiro atoms. The van der Waals surface area contributed by atoms with Crippen LogP contribution in [-0.2, 0) is 42.7 Å². The molecule has 2 N–H and O–H groups in total. The first kappa shape index (κ1) is 26.4. The lowest BCUT2D eigenvalue weighted by Crippen LogP contribution is -2.26. The van der Waals surface area contributed by atoms with Gasteiger partial charge >= 0.3 is 7.60 Å². The molecular formula is C29H35N4O5P. The fraction of sp³-hybridized carbons (Fsp3) is 0.448. The predicted octanol–water partition coefficient (Wildman–Crippen LogP) is 5.80. The summed E-state index contributed by atoms with van der Waals surface area (Å²) in [5.41, 5.74) is 10.6. The van der Waals surface area contributed by atoms with Gasteiger partial charge in [0, 0.05) is 17.9 Å². The Hall–Kier alpha value is -2.81. The molecule has 3 heterocycles. The van der Waals surface area contributed by atoms with E-state index in [4.69, 9.17) is 29.2 Å². The number of aryl methyl sites for hydroxylation is 1. The smallest absolute Gasteiger partial charge is 0.356 e. The van der Waals surface area contributed by atoms with E-state index in [0.717, 1.165) is 47.1 Å². The van der Waals surface area contributed by atoms with Gasteiger partial charge in [-0.1, -0.05) is 49.4 Å². The van der Waals surface area contributed by atoms with E-state index in [2.05, 4.69) is 40.7 Å². The zero-order valence-electron chi connectivity index (χ0n) is 22.5. The standard InChI is InChI=1S/C29H35N4O5P/c1-3-20-8-7-9-21(14-20)22-15-37-39(34,38-16-22)19-36-29(12-13-29)18-33-25(17-35-4-2)32-26-27(33)23-10-5-6-11-24(23)31-28(26)30/h5-11,14,22H,3-4,12-13,15-19H2,1-2H3,(H2,30,31). The van der Waals surface area contributed by atoms with E-state index in [1.807, 2.05) is 31.2 Å². The van der Waals surface area contributed by atoms with Gasteiger partial charge in [-0.25, -0.2) is 9.97 Å². The molecule has 1 aliphatic heterocycles. The number of rotatable bonds is 10. The Morgan fingerprint density at radius 3 is 2.64 bits per heavy atom. The highest BCUT2D eigenvalue weighted by atomic mass is 31.2. The van der Waals surface area contributed by atoms with Gasteiger partial charge in [0.2, 0.25) is 0 Å². The summed E-state index contributed by atoms with van der Waals surface area (Å²) in [5.74, 6) is 1.21. The number of aromatic nitrogens is 3. The number of ether oxygens (including phenoxy) is 2. The topological polar surface area (TPSA) is 111 Å². The second-order valence-corrected chi connectivity index (χ2v) is 12.4. The Morgan fingerprint density at radius 1 is 1.10 bits per heavy atom. The van der Waals surface area contributed by atoms with Gasteiger partial charge in [0.05, 0.1) is 36.4 Å². The molecule has 6 rings (SSSR count). The Kier molecular flexibility index (Phi) is 7.20. The zero-order valence-corrected chi connectivity index (χ0v) is 23.4. The van der Waals surface area contributed by atoms with Crippen LogP contribution in [0.25, 0.3) is 21.9 Å². The van der Waals surface area contributed by atoms with E-state index in [1.54, 1.807) is 0 Å². The lowest BCUT2D eigenvalue weighted by molar-refractivity contribution is 0.0239. The van der Waals surface area contributed by atoms with Crippen molar-refractivity contribution in [1.82, 2.24) is 14.5 Å². The third-order valence-corrected chi connectivity index (χ3v) is 9.21. The Balaban J connectivity index is 1.20. The van der Waals surface area contributed by atoms with Gasteiger partial charge in [-0.15, -0.1) is 0 Å². The first-order valence-corrected chi connectivity index (χ1v) is 15.4. The van der Waals surface area contributed by atoms with Gasteiger partial charge in [0.1, 0.15) is 24.3 Å². The average molecular weight is 551 g/mol. The molecule has 2 aromatic heterocycles. The largest absolute Gasteiger partial charge is 0.382 e. The second-order valence-electron chi connectivity index (χ2n) is 10.4. The number of nitrogens with two attached hydrogens (primary N) is 1. The zero-order chi connectivity index (χ0) is 27.0. The lowest BCUT2D eigenvalue weighted by Gasteiger charge is -2.30. The first-order chi connectivity index (χ1) is 18.9. The highest BCUT2D eigenvalue weighted by Gasteiger charge is 2.48. The van der Waals surface area contributed by atoms with Crippen molar-refractivity contribution in [2.24, 2.45) is 0 Å². The van der Waals surface area contributed by atoms with Gasteiger partial charge in [-0.3, -0.25) is 4.57 Å². The minimum atomic E-state index is -3.36. The van der Waals surface area contributed by atoms with E-state index in [9.17, 15) is 4.57 Å². The summed E-state index contributed by atoms with van der Waals surface area (Å²) in [6.07, 6.45) is 2.57. The van der Waals surface area contributed by atoms with Crippen LogP contribution in [0, 0.1) is 0 Å². The number of imidazole rings is 1. The number of hydrogen-bond acceptors (Lipinski definition) is 8. The minimum Gasteiger partial charge on any atom is -0.382 e. The molecule has 0 atom stereocenters. The molecular weight excluding hydrogens is 515 g/mol. The molecule has 9 nitrogen and oxygen atoms in total. The van der Waals surface area contributed by atoms with Crippen molar-refractivity contribution in [2.75, 3.05) is 31.9 Å². The molecule has 0 unspecified atom stereocenters. The van der Waals surface area contributed by atoms with E-state index < -0.39 is 13.2 Å². The van der Waals surface area contributed by atoms with Crippen LogP contribution < -0.4 is 5.73 Å². The molecule has 0 bridgehead atoms. The fourth-order valence-corrected chi connectivity index (χ4v) is 6.67. The lowest BCUT2D eigenvalue weighted by atomic mass is 9.98. The molecule has 206 valence electrons. The molecule has 1 aliphatic carbocycles. The van der Waals surface area contributed by atoms with Crippen LogP contribution in [0.3, 0.4) is 0 Å². The summed E-state index contributed by atoms with van der Waals surface area (Å²) in [7, 11) is -3.36. The first-order valence-electron chi connectivity index (χ1n) is 13.6. The predicted molar refractivity (Wildman–Crippen MR) is 151 cm³/mol. The summed E-state index contributed by atoms with van der Waals surface area (Å²) in [5, 5.41) is 0.970. The van der Waals surface area contributed by atoms with Crippen LogP contribution in [0.15, 0.2) is 48.5 Å². The number of benzene rings is 2. The van der Waals surface area contributed by atoms with Crippen LogP contribution in [0.1, 0.15) is 49.6 Å². The molecule has 0 radical (unpaired) electrons. The van der Waals surface area contributed by atoms with Crippen molar-refractivity contribution < 1.29 is 23.1 Å². The van der Waals surface area contributed by atoms with E-state index in [0.29, 0.717) is 44.3 Å². The number of nitrogen functional groups attached to an aromatic ring is 1. The normalized spacial score (nSPS) is 22.5. The third kappa shape index (κ3) is 5.34. The van der Waals surface area contributed by atoms with E-state index in [-0.39, 0.29) is 12.3 Å². The summed E-state index contributed by atoms with van der Waals surface area (Å²) < 4.78 is 39.3. The Labute approximate surface area is 228 Å². The van der Waals surface area contributed by atoms with Crippen molar-refractivity contribution in [3.63, 3.8) is 0 Å². The maximum Gasteiger partial charge on any atom is 0.356 e. The number of fused-ring (bicyclic) bond motifs is 3. The SMILES string of the molecule is CCOCc1nc2c(N)nc3ccccc3c2n1CC1(OCP2(=O)OCC(c3cccc(CC)c3)CO2)CC1. The Bertz CT molecular complexity index is 1540. The van der Waals surface area contributed by atoms with Crippen LogP contribution >= 0.6 is 7.60 Å². The molecule has 10 heteroatoms. The van der Waals surface area contributed by atoms with E-state index >= 15 is 0 Å². The van der Waals surface area contributed by atoms with Crippen molar-refractivity contribution in [2.45, 2.75) is 57.8 Å². The van der Waals surface area contributed by atoms with Gasteiger partial charge < -0.3 is 28.8 Å². The quantitative estimate of drug-likeness (QED) is 0.247. The van der Waals surface area contributed by atoms with Gasteiger partial charge in [0.15, 0.2) is 5.82 Å². The summed E-state index contributed by atoms with van der Waals surface area (Å²) in [4.78, 5) is 9.37. The summed E-state index contributed by atoms with van der Waals surface area (Å²) in [6.45, 7) is 6.24. The summed E-state index contributed by atoms with van der Waals surface area (Å²) >= 11 is 0. The molecule has 1 saturated carbocycles. The number of hydrogen-bond donors (Lipinski definition) is 1. The molecule has 2 aromatic carbocycles. The van der Waals surface area contributed by atoms with Crippen molar-refractivity contribution in [1.29, 1.82) is 0 Å². The molecule has 39 heavy (non-hydrogen) atoms. The maximum absolute atomic E-state index is 13.4. The highest BCUT2D eigenvalue weighted by Crippen LogP contribution is 2.55. The highest BCUT2D eigenvalue weighted by molar-refractivity contribution is 7.53. The van der Waals surface area contributed by atoms with Crippen molar-refractivity contribution >= 4 is 35.3 Å². The van der Waals surface area contributed by atoms with Crippen LogP contribution in [0.4, 0.5) is 5.82 Å². The second kappa shape index (κ2) is 10.6. The number of anilines is 1. The van der Waals surface area contributed by atoms with Crippen LogP contribution in [0.2, 0.25) is 0 Å². The van der Waals surface area contributed by atoms with Crippen LogP contribution in [-0.4, -0.2) is 46.3 Å².